The fraction of sp³-hybridized carbons (Fsp3) is 0.625. The topological polar surface area (TPSA) is 63.2 Å². The summed E-state index contributed by atoms with van der Waals surface area (Å²) in [5.41, 5.74) is 1.56. The normalized spacial score (nSPS) is 10.7. The van der Waals surface area contributed by atoms with Crippen LogP contribution in [0.5, 0.6) is 0 Å². The number of rotatable bonds is 9. The van der Waals surface area contributed by atoms with Crippen molar-refractivity contribution in [1.29, 1.82) is 0 Å². The third kappa shape index (κ3) is 6.12. The summed E-state index contributed by atoms with van der Waals surface area (Å²) < 4.78 is 5.22. The first-order chi connectivity index (χ1) is 10.1. The molecule has 0 saturated carbocycles. The highest BCUT2D eigenvalue weighted by Crippen LogP contribution is 2.17. The molecule has 0 atom stereocenters. The molecule has 0 bridgehead atoms. The minimum atomic E-state index is -0.0847. The molecule has 21 heavy (non-hydrogen) atoms. The van der Waals surface area contributed by atoms with E-state index < -0.39 is 0 Å². The summed E-state index contributed by atoms with van der Waals surface area (Å²) >= 11 is 0. The molecule has 0 aromatic carbocycles. The van der Waals surface area contributed by atoms with E-state index in [4.69, 9.17) is 4.74 Å². The minimum Gasteiger partial charge on any atom is -0.380 e. The average Bonchev–Trinajstić information content (AvgIpc) is 2.49. The van der Waals surface area contributed by atoms with Gasteiger partial charge in [0.05, 0.1) is 6.61 Å². The number of carbonyl (C=O) groups excluding carboxylic acids is 1. The molecule has 0 fully saturated rings. The number of hydrogen-bond donors (Lipinski definition) is 2. The summed E-state index contributed by atoms with van der Waals surface area (Å²) in [6.07, 6.45) is 1.02. The van der Waals surface area contributed by atoms with Gasteiger partial charge in [0.15, 0.2) is 0 Å². The van der Waals surface area contributed by atoms with Crippen LogP contribution < -0.4 is 10.6 Å². The summed E-state index contributed by atoms with van der Waals surface area (Å²) in [6, 6.07) is 3.66. The molecule has 1 heterocycles. The highest BCUT2D eigenvalue weighted by molar-refractivity contribution is 5.95. The Balaban J connectivity index is 2.78. The number of pyridine rings is 1. The summed E-state index contributed by atoms with van der Waals surface area (Å²) in [5, 5.41) is 6.11. The number of nitrogens with zero attached hydrogens (tertiary/aromatic N) is 1. The van der Waals surface area contributed by atoms with E-state index in [-0.39, 0.29) is 11.8 Å². The van der Waals surface area contributed by atoms with Crippen molar-refractivity contribution in [3.63, 3.8) is 0 Å². The average molecular weight is 293 g/mol. The monoisotopic (exact) mass is 293 g/mol. The first kappa shape index (κ1) is 17.4. The first-order valence-corrected chi connectivity index (χ1v) is 7.70. The van der Waals surface area contributed by atoms with Gasteiger partial charge in [-0.25, -0.2) is 4.98 Å². The van der Waals surface area contributed by atoms with Crippen LogP contribution in [0.4, 0.5) is 5.82 Å². The van der Waals surface area contributed by atoms with Crippen LogP contribution in [-0.4, -0.2) is 37.2 Å². The van der Waals surface area contributed by atoms with E-state index in [1.165, 1.54) is 0 Å². The van der Waals surface area contributed by atoms with E-state index in [2.05, 4.69) is 36.4 Å². The number of nitrogens with one attached hydrogen (secondary N) is 2. The van der Waals surface area contributed by atoms with Crippen LogP contribution in [0.1, 0.15) is 56.1 Å². The van der Waals surface area contributed by atoms with Gasteiger partial charge in [-0.15, -0.1) is 0 Å². The minimum absolute atomic E-state index is 0.0847. The molecule has 0 aliphatic rings. The molecule has 5 nitrogen and oxygen atoms in total. The van der Waals surface area contributed by atoms with Gasteiger partial charge in [-0.05, 0) is 31.4 Å². The zero-order valence-corrected chi connectivity index (χ0v) is 13.5. The summed E-state index contributed by atoms with van der Waals surface area (Å²) in [6.45, 7) is 10.7. The molecule has 0 aliphatic heterocycles. The third-order valence-electron chi connectivity index (χ3n) is 2.99. The second-order valence-corrected chi connectivity index (χ2v) is 5.20. The Morgan fingerprint density at radius 1 is 1.29 bits per heavy atom. The maximum atomic E-state index is 12.2. The van der Waals surface area contributed by atoms with Gasteiger partial charge in [0, 0.05) is 31.0 Å². The molecule has 1 aromatic heterocycles. The molecular weight excluding hydrogens is 266 g/mol. The molecule has 5 heteroatoms. The van der Waals surface area contributed by atoms with Gasteiger partial charge in [0.2, 0.25) is 0 Å². The Labute approximate surface area is 127 Å². The Morgan fingerprint density at radius 2 is 2.05 bits per heavy atom. The summed E-state index contributed by atoms with van der Waals surface area (Å²) in [7, 11) is 0. The Morgan fingerprint density at radius 3 is 2.67 bits per heavy atom. The van der Waals surface area contributed by atoms with E-state index in [9.17, 15) is 4.79 Å². The van der Waals surface area contributed by atoms with Crippen molar-refractivity contribution in [2.24, 2.45) is 0 Å². The lowest BCUT2D eigenvalue weighted by molar-refractivity contribution is 0.0922. The van der Waals surface area contributed by atoms with Crippen LogP contribution in [0.2, 0.25) is 0 Å². The van der Waals surface area contributed by atoms with Gasteiger partial charge in [-0.1, -0.05) is 20.8 Å². The lowest BCUT2D eigenvalue weighted by atomic mass is 10.1. The molecular formula is C16H27N3O2. The highest BCUT2D eigenvalue weighted by atomic mass is 16.5. The van der Waals surface area contributed by atoms with Crippen LogP contribution in [0, 0.1) is 0 Å². The Hall–Kier alpha value is -1.62. The molecule has 0 aliphatic carbocycles. The largest absolute Gasteiger partial charge is 0.380 e. The van der Waals surface area contributed by atoms with Crippen LogP contribution in [0.25, 0.3) is 0 Å². The summed E-state index contributed by atoms with van der Waals surface area (Å²) in [5.74, 6) is 0.958. The standard InChI is InChI=1S/C16H27N3O2/c1-5-7-17-15-11-13(10-14(19-15)12(3)4)16(20)18-8-9-21-6-2/h10-12H,5-9H2,1-4H3,(H,17,19)(H,18,20). The number of anilines is 1. The van der Waals surface area contributed by atoms with Crippen LogP contribution in [0.15, 0.2) is 12.1 Å². The van der Waals surface area contributed by atoms with E-state index in [1.54, 1.807) is 6.07 Å². The molecule has 0 spiro atoms. The molecule has 1 rings (SSSR count). The number of hydrogen-bond acceptors (Lipinski definition) is 4. The molecule has 2 N–H and O–H groups in total. The molecule has 118 valence electrons. The molecule has 0 radical (unpaired) electrons. The quantitative estimate of drug-likeness (QED) is 0.687. The van der Waals surface area contributed by atoms with Crippen molar-refractivity contribution in [2.45, 2.75) is 40.0 Å². The van der Waals surface area contributed by atoms with E-state index in [0.29, 0.717) is 25.3 Å². The molecule has 1 aromatic rings. The zero-order chi connectivity index (χ0) is 15.7. The van der Waals surface area contributed by atoms with Crippen molar-refractivity contribution in [3.8, 4) is 0 Å². The highest BCUT2D eigenvalue weighted by Gasteiger charge is 2.11. The smallest absolute Gasteiger partial charge is 0.251 e. The van der Waals surface area contributed by atoms with Crippen LogP contribution >= 0.6 is 0 Å². The molecule has 0 unspecified atom stereocenters. The Bertz CT molecular complexity index is 447. The third-order valence-corrected chi connectivity index (χ3v) is 2.99. The van der Waals surface area contributed by atoms with Crippen molar-refractivity contribution in [2.75, 3.05) is 31.6 Å². The van der Waals surface area contributed by atoms with E-state index in [1.807, 2.05) is 13.0 Å². The summed E-state index contributed by atoms with van der Waals surface area (Å²) in [4.78, 5) is 16.7. The lowest BCUT2D eigenvalue weighted by Crippen LogP contribution is -2.27. The molecule has 1 amide bonds. The van der Waals surface area contributed by atoms with Crippen molar-refractivity contribution >= 4 is 11.7 Å². The van der Waals surface area contributed by atoms with Gasteiger partial charge >= 0.3 is 0 Å². The number of carbonyl (C=O) groups is 1. The van der Waals surface area contributed by atoms with Gasteiger partial charge in [0.25, 0.3) is 5.91 Å². The van der Waals surface area contributed by atoms with Gasteiger partial charge in [0.1, 0.15) is 5.82 Å². The number of aromatic nitrogens is 1. The molecule has 0 saturated heterocycles. The van der Waals surface area contributed by atoms with E-state index >= 15 is 0 Å². The van der Waals surface area contributed by atoms with Crippen molar-refractivity contribution in [3.05, 3.63) is 23.4 Å². The number of ether oxygens (including phenoxy) is 1. The van der Waals surface area contributed by atoms with Crippen LogP contribution in [-0.2, 0) is 4.74 Å². The lowest BCUT2D eigenvalue weighted by Gasteiger charge is -2.12. The zero-order valence-electron chi connectivity index (χ0n) is 13.5. The van der Waals surface area contributed by atoms with Gasteiger partial charge < -0.3 is 15.4 Å². The predicted molar refractivity (Wildman–Crippen MR) is 85.9 cm³/mol. The SMILES string of the molecule is CCCNc1cc(C(=O)NCCOCC)cc(C(C)C)n1. The van der Waals surface area contributed by atoms with Crippen molar-refractivity contribution < 1.29 is 9.53 Å². The fourth-order valence-corrected chi connectivity index (χ4v) is 1.81. The second kappa shape index (κ2) is 9.34. The Kier molecular flexibility index (Phi) is 7.75. The maximum absolute atomic E-state index is 12.2. The fourth-order valence-electron chi connectivity index (χ4n) is 1.81. The van der Waals surface area contributed by atoms with Crippen molar-refractivity contribution in [1.82, 2.24) is 10.3 Å². The second-order valence-electron chi connectivity index (χ2n) is 5.20. The number of amides is 1. The first-order valence-electron chi connectivity index (χ1n) is 7.70. The van der Waals surface area contributed by atoms with Crippen LogP contribution in [0.3, 0.4) is 0 Å². The van der Waals surface area contributed by atoms with Gasteiger partial charge in [-0.2, -0.15) is 0 Å². The predicted octanol–water partition coefficient (Wildman–Crippen LogP) is 2.79. The maximum Gasteiger partial charge on any atom is 0.251 e. The van der Waals surface area contributed by atoms with Gasteiger partial charge in [-0.3, -0.25) is 4.79 Å². The van der Waals surface area contributed by atoms with E-state index in [0.717, 1.165) is 24.5 Å².